The summed E-state index contributed by atoms with van der Waals surface area (Å²) in [5.41, 5.74) is 4.74. The van der Waals surface area contributed by atoms with Crippen LogP contribution in [0.4, 0.5) is 13.2 Å². The fourth-order valence-corrected chi connectivity index (χ4v) is 4.14. The Morgan fingerprint density at radius 3 is 2.56 bits per heavy atom. The molecule has 0 fully saturated rings. The van der Waals surface area contributed by atoms with Crippen LogP contribution in [-0.4, -0.2) is 20.2 Å². The van der Waals surface area contributed by atoms with Crippen molar-refractivity contribution >= 4 is 9.84 Å². The van der Waals surface area contributed by atoms with E-state index in [0.717, 1.165) is 18.2 Å². The Labute approximate surface area is 103 Å². The van der Waals surface area contributed by atoms with Gasteiger partial charge in [-0.3, -0.25) is 0 Å². The third-order valence-electron chi connectivity index (χ3n) is 3.07. The first-order valence-electron chi connectivity index (χ1n) is 5.41. The molecule has 0 saturated carbocycles. The van der Waals surface area contributed by atoms with Crippen molar-refractivity contribution in [3.05, 3.63) is 29.3 Å². The molecule has 1 atom stereocenters. The lowest BCUT2D eigenvalue weighted by Gasteiger charge is -2.07. The van der Waals surface area contributed by atoms with Crippen molar-refractivity contribution in [3.63, 3.8) is 0 Å². The van der Waals surface area contributed by atoms with Crippen LogP contribution in [0.2, 0.25) is 0 Å². The first-order valence-corrected chi connectivity index (χ1v) is 6.95. The Morgan fingerprint density at radius 1 is 1.33 bits per heavy atom. The number of benzene rings is 1. The molecule has 1 heterocycles. The van der Waals surface area contributed by atoms with Crippen LogP contribution in [-0.2, 0) is 22.4 Å². The van der Waals surface area contributed by atoms with E-state index in [4.69, 9.17) is 5.73 Å². The van der Waals surface area contributed by atoms with E-state index in [1.807, 2.05) is 0 Å². The van der Waals surface area contributed by atoms with Crippen LogP contribution >= 0.6 is 0 Å². The van der Waals surface area contributed by atoms with E-state index < -0.39 is 26.8 Å². The van der Waals surface area contributed by atoms with E-state index in [2.05, 4.69) is 0 Å². The molecule has 1 aromatic carbocycles. The van der Waals surface area contributed by atoms with Crippen LogP contribution in [0.3, 0.4) is 0 Å². The Balaban J connectivity index is 2.46. The van der Waals surface area contributed by atoms with Crippen molar-refractivity contribution in [3.8, 4) is 0 Å². The minimum Gasteiger partial charge on any atom is -0.330 e. The molecule has 1 aliphatic heterocycles. The number of fused-ring (bicyclic) bond motifs is 1. The zero-order valence-electron chi connectivity index (χ0n) is 9.37. The van der Waals surface area contributed by atoms with Crippen LogP contribution in [0.25, 0.3) is 0 Å². The van der Waals surface area contributed by atoms with Crippen LogP contribution in [0, 0.1) is 0 Å². The molecule has 18 heavy (non-hydrogen) atoms. The van der Waals surface area contributed by atoms with Gasteiger partial charge in [0, 0.05) is 0 Å². The summed E-state index contributed by atoms with van der Waals surface area (Å²) in [4.78, 5) is 0.00829. The minimum absolute atomic E-state index is 0.00829. The molecule has 1 aromatic rings. The first kappa shape index (κ1) is 13.4. The summed E-state index contributed by atoms with van der Waals surface area (Å²) in [5, 5.41) is -0.694. The highest BCUT2D eigenvalue weighted by Gasteiger charge is 2.39. The quantitative estimate of drug-likeness (QED) is 0.897. The predicted octanol–water partition coefficient (Wildman–Crippen LogP) is 1.75. The second-order valence-corrected chi connectivity index (χ2v) is 6.47. The molecule has 7 heteroatoms. The summed E-state index contributed by atoms with van der Waals surface area (Å²) in [5.74, 6) is 0. The fourth-order valence-electron chi connectivity index (χ4n) is 2.17. The summed E-state index contributed by atoms with van der Waals surface area (Å²) < 4.78 is 61.6. The van der Waals surface area contributed by atoms with Gasteiger partial charge in [0.2, 0.25) is 0 Å². The lowest BCUT2D eigenvalue weighted by molar-refractivity contribution is -0.137. The van der Waals surface area contributed by atoms with E-state index in [1.165, 1.54) is 0 Å². The average Bonchev–Trinajstić information content (AvgIpc) is 2.50. The molecule has 0 bridgehead atoms. The lowest BCUT2D eigenvalue weighted by Crippen LogP contribution is -2.20. The second-order valence-electron chi connectivity index (χ2n) is 4.27. The van der Waals surface area contributed by atoms with E-state index in [9.17, 15) is 21.6 Å². The molecule has 100 valence electrons. The molecule has 0 saturated heterocycles. The normalized spacial score (nSPS) is 21.9. The lowest BCUT2D eigenvalue weighted by atomic mass is 10.1. The van der Waals surface area contributed by atoms with Gasteiger partial charge >= 0.3 is 6.18 Å². The number of hydrogen-bond acceptors (Lipinski definition) is 3. The predicted molar refractivity (Wildman–Crippen MR) is 59.8 cm³/mol. The highest BCUT2D eigenvalue weighted by atomic mass is 32.2. The third kappa shape index (κ3) is 2.12. The van der Waals surface area contributed by atoms with E-state index in [0.29, 0.717) is 0 Å². The van der Waals surface area contributed by atoms with Gasteiger partial charge in [0.05, 0.1) is 15.7 Å². The summed E-state index contributed by atoms with van der Waals surface area (Å²) in [6.07, 6.45) is -4.08. The summed E-state index contributed by atoms with van der Waals surface area (Å²) in [7, 11) is -3.52. The maximum Gasteiger partial charge on any atom is 0.416 e. The SMILES string of the molecule is NCCC1Cc2cc(C(F)(F)F)ccc2S1(=O)=O. The van der Waals surface area contributed by atoms with Gasteiger partial charge in [-0.05, 0) is 43.1 Å². The maximum absolute atomic E-state index is 12.5. The molecule has 0 radical (unpaired) electrons. The third-order valence-corrected chi connectivity index (χ3v) is 5.36. The van der Waals surface area contributed by atoms with Gasteiger partial charge in [0.15, 0.2) is 9.84 Å². The van der Waals surface area contributed by atoms with Crippen molar-refractivity contribution in [1.29, 1.82) is 0 Å². The van der Waals surface area contributed by atoms with Crippen LogP contribution in [0.5, 0.6) is 0 Å². The zero-order valence-corrected chi connectivity index (χ0v) is 10.2. The molecule has 1 unspecified atom stereocenters. The van der Waals surface area contributed by atoms with Crippen LogP contribution in [0.1, 0.15) is 17.5 Å². The molecule has 2 rings (SSSR count). The summed E-state index contributed by atoms with van der Waals surface area (Å²) >= 11 is 0. The summed E-state index contributed by atoms with van der Waals surface area (Å²) in [6, 6.07) is 2.77. The molecule has 1 aliphatic rings. The highest BCUT2D eigenvalue weighted by Crippen LogP contribution is 2.37. The second kappa shape index (κ2) is 4.24. The number of halogens is 3. The number of nitrogens with two attached hydrogens (primary N) is 1. The number of alkyl halides is 3. The topological polar surface area (TPSA) is 60.2 Å². The Hall–Kier alpha value is -1.08. The van der Waals surface area contributed by atoms with E-state index in [1.54, 1.807) is 0 Å². The molecule has 0 aromatic heterocycles. The number of hydrogen-bond donors (Lipinski definition) is 1. The largest absolute Gasteiger partial charge is 0.416 e. The van der Waals surface area contributed by atoms with E-state index >= 15 is 0 Å². The average molecular weight is 279 g/mol. The Kier molecular flexibility index (Phi) is 3.14. The van der Waals surface area contributed by atoms with Gasteiger partial charge < -0.3 is 5.73 Å². The highest BCUT2D eigenvalue weighted by molar-refractivity contribution is 7.92. The maximum atomic E-state index is 12.5. The molecule has 2 N–H and O–H groups in total. The Morgan fingerprint density at radius 2 is 2.00 bits per heavy atom. The van der Waals surface area contributed by atoms with Crippen molar-refractivity contribution in [2.24, 2.45) is 5.73 Å². The van der Waals surface area contributed by atoms with Gasteiger partial charge in [-0.2, -0.15) is 13.2 Å². The number of sulfone groups is 1. The molecule has 0 amide bonds. The van der Waals surface area contributed by atoms with Crippen molar-refractivity contribution < 1.29 is 21.6 Å². The molecule has 0 aliphatic carbocycles. The smallest absolute Gasteiger partial charge is 0.330 e. The van der Waals surface area contributed by atoms with E-state index in [-0.39, 0.29) is 29.8 Å². The van der Waals surface area contributed by atoms with Gasteiger partial charge in [-0.1, -0.05) is 0 Å². The molecule has 3 nitrogen and oxygen atoms in total. The Bertz CT molecular complexity index is 566. The van der Waals surface area contributed by atoms with Crippen molar-refractivity contribution in [2.75, 3.05) is 6.54 Å². The molecular weight excluding hydrogens is 267 g/mol. The first-order chi connectivity index (χ1) is 8.26. The van der Waals surface area contributed by atoms with Gasteiger partial charge in [0.1, 0.15) is 0 Å². The van der Waals surface area contributed by atoms with Gasteiger partial charge in [-0.15, -0.1) is 0 Å². The van der Waals surface area contributed by atoms with Crippen LogP contribution in [0.15, 0.2) is 23.1 Å². The molecular formula is C11H12F3NO2S. The van der Waals surface area contributed by atoms with Crippen molar-refractivity contribution in [2.45, 2.75) is 29.2 Å². The number of rotatable bonds is 2. The monoisotopic (exact) mass is 279 g/mol. The standard InChI is InChI=1S/C11H12F3NO2S/c12-11(13,14)8-1-2-10-7(5-8)6-9(3-4-15)18(10,16)17/h1-2,5,9H,3-4,6,15H2. The minimum atomic E-state index is -4.45. The zero-order chi connectivity index (χ0) is 13.6. The fraction of sp³-hybridized carbons (Fsp3) is 0.455. The summed E-state index contributed by atoms with van der Waals surface area (Å²) in [6.45, 7) is 0.198. The molecule has 0 spiro atoms. The van der Waals surface area contributed by atoms with Gasteiger partial charge in [0.25, 0.3) is 0 Å². The van der Waals surface area contributed by atoms with Crippen LogP contribution < -0.4 is 5.73 Å². The van der Waals surface area contributed by atoms with Gasteiger partial charge in [-0.25, -0.2) is 8.42 Å². The van der Waals surface area contributed by atoms with Crippen molar-refractivity contribution in [1.82, 2.24) is 0 Å².